The molecule has 2 saturated heterocycles. The van der Waals surface area contributed by atoms with Crippen LogP contribution < -0.4 is 5.32 Å². The predicted octanol–water partition coefficient (Wildman–Crippen LogP) is 4.85. The molecule has 0 aromatic heterocycles. The molecular weight excluding hydrogens is 417 g/mol. The number of rotatable bonds is 4. The molecule has 3 aliphatic rings. The first-order valence-corrected chi connectivity index (χ1v) is 12.1. The normalized spacial score (nSPS) is 25.5. The summed E-state index contributed by atoms with van der Waals surface area (Å²) in [6.07, 6.45) is 7.72. The first-order valence-electron chi connectivity index (χ1n) is 12.1. The molecule has 2 N–H and O–H groups in total. The highest BCUT2D eigenvalue weighted by Gasteiger charge is 2.49. The number of nitrogens with zero attached hydrogens (tertiary/aromatic N) is 2. The second-order valence-corrected chi connectivity index (χ2v) is 9.39. The van der Waals surface area contributed by atoms with Crippen LogP contribution in [0.5, 0.6) is 0 Å². The molecule has 33 heavy (non-hydrogen) atoms. The van der Waals surface area contributed by atoms with Crippen LogP contribution in [0.2, 0.25) is 0 Å². The summed E-state index contributed by atoms with van der Waals surface area (Å²) in [7, 11) is 0. The molecular formula is C27H32FN3O2. The Hall–Kier alpha value is -2.70. The fourth-order valence-electron chi connectivity index (χ4n) is 5.73. The van der Waals surface area contributed by atoms with Gasteiger partial charge in [0.2, 0.25) is 0 Å². The zero-order valence-electron chi connectivity index (χ0n) is 18.9. The molecule has 174 valence electrons. The molecule has 0 unspecified atom stereocenters. The molecule has 6 heteroatoms. The highest BCUT2D eigenvalue weighted by molar-refractivity contribution is 5.89. The van der Waals surface area contributed by atoms with Crippen LogP contribution in [0, 0.1) is 5.82 Å². The molecule has 2 aromatic carbocycles. The summed E-state index contributed by atoms with van der Waals surface area (Å²) in [6, 6.07) is 15.0. The van der Waals surface area contributed by atoms with Gasteiger partial charge in [-0.2, -0.15) is 0 Å². The van der Waals surface area contributed by atoms with Crippen LogP contribution in [0.1, 0.15) is 49.1 Å². The Morgan fingerprint density at radius 1 is 1.06 bits per heavy atom. The summed E-state index contributed by atoms with van der Waals surface area (Å²) in [6.45, 7) is 2.25. The number of anilines is 1. The number of aliphatic hydroxyl groups is 1. The Bertz CT molecular complexity index is 1020. The van der Waals surface area contributed by atoms with Gasteiger partial charge < -0.3 is 15.3 Å². The maximum Gasteiger partial charge on any atom is 0.321 e. The zero-order valence-corrected chi connectivity index (χ0v) is 18.9. The number of carbonyl (C=O) groups excluding carboxylic acids is 1. The molecule has 5 nitrogen and oxygen atoms in total. The fraction of sp³-hybridized carbons (Fsp3) is 0.444. The molecule has 2 amide bonds. The highest BCUT2D eigenvalue weighted by atomic mass is 19.1. The van der Waals surface area contributed by atoms with E-state index in [4.69, 9.17) is 0 Å². The molecule has 0 saturated carbocycles. The number of halogens is 1. The summed E-state index contributed by atoms with van der Waals surface area (Å²) in [5.41, 5.74) is 4.14. The molecule has 5 rings (SSSR count). The quantitative estimate of drug-likeness (QED) is 0.702. The van der Waals surface area contributed by atoms with Crippen LogP contribution in [-0.2, 0) is 0 Å². The van der Waals surface area contributed by atoms with Crippen molar-refractivity contribution in [3.8, 4) is 0 Å². The number of nitrogens with one attached hydrogen (secondary N) is 1. The van der Waals surface area contributed by atoms with Crippen LogP contribution in [0.3, 0.4) is 0 Å². The Kier molecular flexibility index (Phi) is 6.47. The number of aliphatic hydroxyl groups excluding tert-OH is 1. The maximum atomic E-state index is 14.1. The maximum absolute atomic E-state index is 14.1. The van der Waals surface area contributed by atoms with Gasteiger partial charge in [0.15, 0.2) is 0 Å². The lowest BCUT2D eigenvalue weighted by Crippen LogP contribution is -2.68. The van der Waals surface area contributed by atoms with E-state index in [-0.39, 0.29) is 36.3 Å². The monoisotopic (exact) mass is 449 g/mol. The lowest BCUT2D eigenvalue weighted by atomic mass is 9.74. The smallest absolute Gasteiger partial charge is 0.321 e. The SMILES string of the molecule is O=C(Nc1ccccc1F)N1CCCCN2[C@H](CO)[C@@H](c3ccc(C4=CCCC4)cc3)[C@@H]2C1. The van der Waals surface area contributed by atoms with Gasteiger partial charge in [0.25, 0.3) is 0 Å². The van der Waals surface area contributed by atoms with Gasteiger partial charge in [0.05, 0.1) is 12.3 Å². The molecule has 1 aliphatic carbocycles. The average Bonchev–Trinajstić information content (AvgIpc) is 3.35. The first kappa shape index (κ1) is 22.1. The summed E-state index contributed by atoms with van der Waals surface area (Å²) in [4.78, 5) is 17.2. The third-order valence-electron chi connectivity index (χ3n) is 7.48. The van der Waals surface area contributed by atoms with Crippen LogP contribution in [0.25, 0.3) is 5.57 Å². The average molecular weight is 450 g/mol. The van der Waals surface area contributed by atoms with Crippen molar-refractivity contribution in [2.24, 2.45) is 0 Å². The van der Waals surface area contributed by atoms with Gasteiger partial charge in [0.1, 0.15) is 5.82 Å². The summed E-state index contributed by atoms with van der Waals surface area (Å²) in [5.74, 6) is -0.262. The summed E-state index contributed by atoms with van der Waals surface area (Å²) < 4.78 is 14.1. The van der Waals surface area contributed by atoms with Crippen molar-refractivity contribution in [3.63, 3.8) is 0 Å². The molecule has 0 radical (unpaired) electrons. The number of fused-ring (bicyclic) bond motifs is 1. The van der Waals surface area contributed by atoms with E-state index in [2.05, 4.69) is 40.6 Å². The first-order chi connectivity index (χ1) is 16.2. The van der Waals surface area contributed by atoms with E-state index in [9.17, 15) is 14.3 Å². The number of hydrogen-bond donors (Lipinski definition) is 2. The summed E-state index contributed by atoms with van der Waals surface area (Å²) in [5, 5.41) is 12.9. The second-order valence-electron chi connectivity index (χ2n) is 9.39. The van der Waals surface area contributed by atoms with E-state index in [1.807, 2.05) is 4.90 Å². The van der Waals surface area contributed by atoms with Crippen molar-refractivity contribution in [1.29, 1.82) is 0 Å². The minimum Gasteiger partial charge on any atom is -0.395 e. The molecule has 0 bridgehead atoms. The van der Waals surface area contributed by atoms with E-state index in [1.165, 1.54) is 29.2 Å². The molecule has 0 spiro atoms. The van der Waals surface area contributed by atoms with E-state index in [1.54, 1.807) is 18.2 Å². The zero-order chi connectivity index (χ0) is 22.8. The summed E-state index contributed by atoms with van der Waals surface area (Å²) >= 11 is 0. The minimum atomic E-state index is -0.432. The van der Waals surface area contributed by atoms with Gasteiger partial charge >= 0.3 is 6.03 Å². The van der Waals surface area contributed by atoms with E-state index >= 15 is 0 Å². The number of carbonyl (C=O) groups is 1. The largest absolute Gasteiger partial charge is 0.395 e. The van der Waals surface area contributed by atoms with Crippen molar-refractivity contribution in [1.82, 2.24) is 9.80 Å². The topological polar surface area (TPSA) is 55.8 Å². The number of amides is 2. The van der Waals surface area contributed by atoms with Gasteiger partial charge in [-0.05, 0) is 67.5 Å². The van der Waals surface area contributed by atoms with Gasteiger partial charge in [-0.3, -0.25) is 4.90 Å². The Labute approximate surface area is 194 Å². The Morgan fingerprint density at radius 2 is 1.85 bits per heavy atom. The number of para-hydroxylation sites is 1. The third-order valence-corrected chi connectivity index (χ3v) is 7.48. The highest BCUT2D eigenvalue weighted by Crippen LogP contribution is 2.42. The number of urea groups is 1. The van der Waals surface area contributed by atoms with Crippen LogP contribution >= 0.6 is 0 Å². The Morgan fingerprint density at radius 3 is 2.58 bits per heavy atom. The van der Waals surface area contributed by atoms with E-state index < -0.39 is 5.82 Å². The van der Waals surface area contributed by atoms with Crippen molar-refractivity contribution in [2.75, 3.05) is 31.6 Å². The Balaban J connectivity index is 1.34. The lowest BCUT2D eigenvalue weighted by Gasteiger charge is -2.57. The van der Waals surface area contributed by atoms with Crippen LogP contribution in [0.4, 0.5) is 14.9 Å². The fourth-order valence-corrected chi connectivity index (χ4v) is 5.73. The van der Waals surface area contributed by atoms with Gasteiger partial charge in [-0.15, -0.1) is 0 Å². The van der Waals surface area contributed by atoms with Gasteiger partial charge in [0, 0.05) is 31.1 Å². The van der Waals surface area contributed by atoms with Crippen molar-refractivity contribution in [3.05, 3.63) is 71.6 Å². The molecule has 2 fully saturated rings. The van der Waals surface area contributed by atoms with Crippen molar-refractivity contribution in [2.45, 2.75) is 50.1 Å². The minimum absolute atomic E-state index is 0.0705. The standard InChI is InChI=1S/C27H32FN3O2/c28-22-9-3-4-10-23(22)29-27(33)30-15-5-6-16-31-24(17-30)26(25(31)18-32)21-13-11-20(12-14-21)19-7-1-2-8-19/h3-4,7,9-14,24-26,32H,1-2,5-6,8,15-18H2,(H,29,33)/t24-,25+,26-/m0/s1. The van der Waals surface area contributed by atoms with Crippen LogP contribution in [-0.4, -0.2) is 59.3 Å². The lowest BCUT2D eigenvalue weighted by molar-refractivity contribution is -0.0585. The molecule has 3 atom stereocenters. The second kappa shape index (κ2) is 9.65. The molecule has 2 heterocycles. The molecule has 2 aromatic rings. The number of allylic oxidation sites excluding steroid dienone is 2. The number of hydrogen-bond acceptors (Lipinski definition) is 3. The van der Waals surface area contributed by atoms with Crippen LogP contribution in [0.15, 0.2) is 54.6 Å². The molecule has 2 aliphatic heterocycles. The van der Waals surface area contributed by atoms with Gasteiger partial charge in [-0.25, -0.2) is 9.18 Å². The van der Waals surface area contributed by atoms with Crippen molar-refractivity contribution < 1.29 is 14.3 Å². The van der Waals surface area contributed by atoms with E-state index in [0.717, 1.165) is 32.2 Å². The predicted molar refractivity (Wildman–Crippen MR) is 129 cm³/mol. The van der Waals surface area contributed by atoms with Crippen molar-refractivity contribution >= 4 is 17.3 Å². The third kappa shape index (κ3) is 4.42. The number of benzene rings is 2. The van der Waals surface area contributed by atoms with E-state index in [0.29, 0.717) is 13.1 Å². The van der Waals surface area contributed by atoms with Gasteiger partial charge in [-0.1, -0.05) is 42.5 Å².